The lowest BCUT2D eigenvalue weighted by molar-refractivity contribution is -0.0162. The molecule has 150 valence electrons. The lowest BCUT2D eigenvalue weighted by atomic mass is 9.82. The third kappa shape index (κ3) is 5.22. The number of hydrogen-bond donors (Lipinski definition) is 1. The van der Waals surface area contributed by atoms with E-state index in [1.807, 2.05) is 0 Å². The van der Waals surface area contributed by atoms with Crippen molar-refractivity contribution < 1.29 is 4.74 Å². The Balaban J connectivity index is 1.23. The summed E-state index contributed by atoms with van der Waals surface area (Å²) in [6.07, 6.45) is 6.32. The molecule has 3 nitrogen and oxygen atoms in total. The average molecular weight is 379 g/mol. The number of rotatable bonds is 6. The summed E-state index contributed by atoms with van der Waals surface area (Å²) in [5.41, 5.74) is 9.32. The van der Waals surface area contributed by atoms with E-state index in [-0.39, 0.29) is 6.04 Å². The largest absolute Gasteiger partial charge is 0.378 e. The fraction of sp³-hybridized carbons (Fsp3) is 0.520. The maximum Gasteiger partial charge on any atom is 0.0575 e. The highest BCUT2D eigenvalue weighted by atomic mass is 16.5. The van der Waals surface area contributed by atoms with Gasteiger partial charge in [-0.3, -0.25) is 4.90 Å². The lowest BCUT2D eigenvalue weighted by Crippen LogP contribution is -2.48. The Kier molecular flexibility index (Phi) is 6.79. The van der Waals surface area contributed by atoms with Crippen LogP contribution in [0.4, 0.5) is 0 Å². The molecule has 28 heavy (non-hydrogen) atoms. The summed E-state index contributed by atoms with van der Waals surface area (Å²) in [6.45, 7) is 3.98. The number of nitrogens with two attached hydrogens (primary N) is 1. The van der Waals surface area contributed by atoms with Crippen molar-refractivity contribution in [3.63, 3.8) is 0 Å². The predicted molar refractivity (Wildman–Crippen MR) is 115 cm³/mol. The van der Waals surface area contributed by atoms with E-state index in [9.17, 15) is 0 Å². The molecule has 2 aromatic carbocycles. The van der Waals surface area contributed by atoms with Crippen LogP contribution < -0.4 is 5.73 Å². The molecule has 2 aromatic rings. The van der Waals surface area contributed by atoms with Crippen LogP contribution in [0.3, 0.4) is 0 Å². The van der Waals surface area contributed by atoms with Crippen LogP contribution in [0.5, 0.6) is 0 Å². The SMILES string of the molecule is NC1CCN(Cc2ccccc2)CC1CO[C@H]1CC[C@@H](c2ccccc2)CC1. The minimum Gasteiger partial charge on any atom is -0.378 e. The van der Waals surface area contributed by atoms with Gasteiger partial charge in [-0.1, -0.05) is 60.7 Å². The Morgan fingerprint density at radius 3 is 2.25 bits per heavy atom. The van der Waals surface area contributed by atoms with E-state index < -0.39 is 0 Å². The summed E-state index contributed by atoms with van der Waals surface area (Å²) >= 11 is 0. The normalized spacial score (nSPS) is 28.9. The Morgan fingerprint density at radius 1 is 0.857 bits per heavy atom. The number of benzene rings is 2. The van der Waals surface area contributed by atoms with Gasteiger partial charge in [0.15, 0.2) is 0 Å². The number of nitrogens with zero attached hydrogens (tertiary/aromatic N) is 1. The summed E-state index contributed by atoms with van der Waals surface area (Å²) in [6, 6.07) is 22.0. The Hall–Kier alpha value is -1.68. The molecule has 4 rings (SSSR count). The topological polar surface area (TPSA) is 38.5 Å². The highest BCUT2D eigenvalue weighted by Gasteiger charge is 2.29. The number of ether oxygens (including phenoxy) is 1. The maximum absolute atomic E-state index is 6.44. The van der Waals surface area contributed by atoms with Crippen molar-refractivity contribution in [2.45, 2.75) is 56.7 Å². The second kappa shape index (κ2) is 9.69. The van der Waals surface area contributed by atoms with Crippen molar-refractivity contribution in [3.05, 3.63) is 71.8 Å². The molecule has 1 saturated carbocycles. The van der Waals surface area contributed by atoms with Gasteiger partial charge in [-0.25, -0.2) is 0 Å². The molecule has 2 aliphatic rings. The molecular weight excluding hydrogens is 344 g/mol. The smallest absolute Gasteiger partial charge is 0.0575 e. The van der Waals surface area contributed by atoms with Gasteiger partial charge in [-0.15, -0.1) is 0 Å². The number of likely N-dealkylation sites (tertiary alicyclic amines) is 1. The summed E-state index contributed by atoms with van der Waals surface area (Å²) in [4.78, 5) is 2.54. The fourth-order valence-corrected chi connectivity index (χ4v) is 4.83. The molecule has 0 spiro atoms. The van der Waals surface area contributed by atoms with Gasteiger partial charge in [0, 0.05) is 25.0 Å². The highest BCUT2D eigenvalue weighted by Crippen LogP contribution is 2.34. The van der Waals surface area contributed by atoms with E-state index in [4.69, 9.17) is 10.5 Å². The maximum atomic E-state index is 6.44. The molecule has 0 bridgehead atoms. The monoisotopic (exact) mass is 378 g/mol. The van der Waals surface area contributed by atoms with Crippen molar-refractivity contribution >= 4 is 0 Å². The first-order chi connectivity index (χ1) is 13.8. The van der Waals surface area contributed by atoms with Crippen LogP contribution in [0, 0.1) is 5.92 Å². The zero-order valence-corrected chi connectivity index (χ0v) is 16.9. The van der Waals surface area contributed by atoms with Gasteiger partial charge in [-0.2, -0.15) is 0 Å². The molecule has 2 fully saturated rings. The second-order valence-electron chi connectivity index (χ2n) is 8.65. The molecule has 1 aliphatic carbocycles. The summed E-state index contributed by atoms with van der Waals surface area (Å²) in [7, 11) is 0. The van der Waals surface area contributed by atoms with E-state index in [1.165, 1.54) is 36.8 Å². The molecule has 3 heteroatoms. The Bertz CT molecular complexity index is 697. The van der Waals surface area contributed by atoms with Gasteiger partial charge < -0.3 is 10.5 Å². The van der Waals surface area contributed by atoms with Gasteiger partial charge >= 0.3 is 0 Å². The highest BCUT2D eigenvalue weighted by molar-refractivity contribution is 5.20. The molecule has 2 N–H and O–H groups in total. The van der Waals surface area contributed by atoms with Crippen molar-refractivity contribution in [2.75, 3.05) is 19.7 Å². The standard InChI is InChI=1S/C25H34N2O/c26-25-15-16-27(17-20-7-3-1-4-8-20)18-23(25)19-28-24-13-11-22(12-14-24)21-9-5-2-6-10-21/h1-10,22-25H,11-19,26H2/t22-,23?,24+,25?. The van der Waals surface area contributed by atoms with Crippen LogP contribution in [-0.4, -0.2) is 36.7 Å². The van der Waals surface area contributed by atoms with E-state index in [0.29, 0.717) is 17.9 Å². The van der Waals surface area contributed by atoms with Gasteiger partial charge in [-0.05, 0) is 55.7 Å². The summed E-state index contributed by atoms with van der Waals surface area (Å²) in [5, 5.41) is 0. The van der Waals surface area contributed by atoms with Gasteiger partial charge in [0.25, 0.3) is 0 Å². The molecule has 1 saturated heterocycles. The minimum absolute atomic E-state index is 0.271. The zero-order chi connectivity index (χ0) is 19.2. The van der Waals surface area contributed by atoms with Crippen molar-refractivity contribution in [1.29, 1.82) is 0 Å². The van der Waals surface area contributed by atoms with Crippen LogP contribution in [0.25, 0.3) is 0 Å². The van der Waals surface area contributed by atoms with Crippen LogP contribution in [0.2, 0.25) is 0 Å². The lowest BCUT2D eigenvalue weighted by Gasteiger charge is -2.38. The summed E-state index contributed by atoms with van der Waals surface area (Å²) < 4.78 is 6.37. The third-order valence-corrected chi connectivity index (χ3v) is 6.62. The predicted octanol–water partition coefficient (Wildman–Crippen LogP) is 4.58. The fourth-order valence-electron chi connectivity index (χ4n) is 4.83. The van der Waals surface area contributed by atoms with Gasteiger partial charge in [0.1, 0.15) is 0 Å². The molecule has 2 unspecified atom stereocenters. The minimum atomic E-state index is 0.271. The van der Waals surface area contributed by atoms with E-state index in [2.05, 4.69) is 65.6 Å². The van der Waals surface area contributed by atoms with Crippen LogP contribution in [0.1, 0.15) is 49.1 Å². The van der Waals surface area contributed by atoms with E-state index in [0.717, 1.165) is 32.7 Å². The van der Waals surface area contributed by atoms with Crippen molar-refractivity contribution in [3.8, 4) is 0 Å². The number of hydrogen-bond acceptors (Lipinski definition) is 3. The first-order valence-corrected chi connectivity index (χ1v) is 11.0. The third-order valence-electron chi connectivity index (χ3n) is 6.62. The van der Waals surface area contributed by atoms with E-state index >= 15 is 0 Å². The molecule has 0 radical (unpaired) electrons. The van der Waals surface area contributed by atoms with Crippen molar-refractivity contribution in [2.24, 2.45) is 11.7 Å². The average Bonchev–Trinajstić information content (AvgIpc) is 2.76. The molecule has 0 aromatic heterocycles. The Labute approximate surface area is 169 Å². The molecule has 0 amide bonds. The number of piperidine rings is 1. The quantitative estimate of drug-likeness (QED) is 0.800. The molecular formula is C25H34N2O. The van der Waals surface area contributed by atoms with E-state index in [1.54, 1.807) is 0 Å². The molecule has 1 heterocycles. The van der Waals surface area contributed by atoms with Gasteiger partial charge in [0.05, 0.1) is 12.7 Å². The van der Waals surface area contributed by atoms with Gasteiger partial charge in [0.2, 0.25) is 0 Å². The van der Waals surface area contributed by atoms with Crippen molar-refractivity contribution in [1.82, 2.24) is 4.90 Å². The summed E-state index contributed by atoms with van der Waals surface area (Å²) in [5.74, 6) is 1.16. The first-order valence-electron chi connectivity index (χ1n) is 11.0. The second-order valence-corrected chi connectivity index (χ2v) is 8.65. The Morgan fingerprint density at radius 2 is 1.54 bits per heavy atom. The van der Waals surface area contributed by atoms with Crippen LogP contribution in [-0.2, 0) is 11.3 Å². The van der Waals surface area contributed by atoms with Crippen LogP contribution >= 0.6 is 0 Å². The molecule has 1 aliphatic heterocycles. The van der Waals surface area contributed by atoms with Crippen LogP contribution in [0.15, 0.2) is 60.7 Å². The zero-order valence-electron chi connectivity index (χ0n) is 16.9. The molecule has 2 atom stereocenters. The first kappa shape index (κ1) is 19.6.